The van der Waals surface area contributed by atoms with E-state index in [1.807, 2.05) is 4.90 Å². The van der Waals surface area contributed by atoms with Crippen LogP contribution < -0.4 is 10.6 Å². The third-order valence-corrected chi connectivity index (χ3v) is 6.89. The van der Waals surface area contributed by atoms with E-state index in [1.54, 1.807) is 0 Å². The Morgan fingerprint density at radius 2 is 1.48 bits per heavy atom. The van der Waals surface area contributed by atoms with Crippen molar-refractivity contribution in [2.45, 2.75) is 89.1 Å². The SMILES string of the molecule is O=C(NC1CCCCC1)NC1CCN(C(=O)Cc2ccc3c(c2)CCCC3)CC1. The Bertz CT molecular complexity index is 719. The molecule has 2 aliphatic carbocycles. The molecule has 1 aliphatic heterocycles. The molecule has 5 heteroatoms. The van der Waals surface area contributed by atoms with Crippen LogP contribution in [0.4, 0.5) is 4.79 Å². The Balaban J connectivity index is 1.21. The fourth-order valence-electron chi connectivity index (χ4n) is 5.12. The largest absolute Gasteiger partial charge is 0.342 e. The number of amides is 3. The number of carbonyl (C=O) groups is 2. The molecule has 1 aromatic carbocycles. The Morgan fingerprint density at radius 1 is 0.828 bits per heavy atom. The minimum Gasteiger partial charge on any atom is -0.342 e. The van der Waals surface area contributed by atoms with Crippen molar-refractivity contribution < 1.29 is 9.59 Å². The summed E-state index contributed by atoms with van der Waals surface area (Å²) >= 11 is 0. The molecule has 29 heavy (non-hydrogen) atoms. The number of piperidine rings is 1. The lowest BCUT2D eigenvalue weighted by Gasteiger charge is -2.33. The lowest BCUT2D eigenvalue weighted by Crippen LogP contribution is -2.51. The second-order valence-corrected chi connectivity index (χ2v) is 9.09. The molecule has 2 N–H and O–H groups in total. The summed E-state index contributed by atoms with van der Waals surface area (Å²) in [6, 6.07) is 7.07. The number of carbonyl (C=O) groups excluding carboxylic acids is 2. The van der Waals surface area contributed by atoms with Crippen molar-refractivity contribution >= 4 is 11.9 Å². The summed E-state index contributed by atoms with van der Waals surface area (Å²) in [6.45, 7) is 1.47. The van der Waals surface area contributed by atoms with Gasteiger partial charge in [-0.3, -0.25) is 4.79 Å². The Labute approximate surface area is 174 Å². The molecule has 0 aromatic heterocycles. The van der Waals surface area contributed by atoms with Crippen LogP contribution in [-0.4, -0.2) is 42.0 Å². The quantitative estimate of drug-likeness (QED) is 0.813. The number of nitrogens with zero attached hydrogens (tertiary/aromatic N) is 1. The van der Waals surface area contributed by atoms with Crippen LogP contribution in [0.3, 0.4) is 0 Å². The van der Waals surface area contributed by atoms with Crippen LogP contribution in [0.5, 0.6) is 0 Å². The van der Waals surface area contributed by atoms with Gasteiger partial charge in [-0.1, -0.05) is 37.5 Å². The van der Waals surface area contributed by atoms with Crippen LogP contribution in [0.15, 0.2) is 18.2 Å². The number of nitrogens with one attached hydrogen (secondary N) is 2. The Hall–Kier alpha value is -2.04. The maximum absolute atomic E-state index is 12.8. The molecule has 3 amide bonds. The zero-order valence-electron chi connectivity index (χ0n) is 17.5. The highest BCUT2D eigenvalue weighted by Gasteiger charge is 2.25. The topological polar surface area (TPSA) is 61.4 Å². The number of urea groups is 1. The van der Waals surface area contributed by atoms with Gasteiger partial charge in [-0.05, 0) is 68.1 Å². The van der Waals surface area contributed by atoms with Gasteiger partial charge in [-0.15, -0.1) is 0 Å². The molecule has 2 fully saturated rings. The van der Waals surface area contributed by atoms with Gasteiger partial charge < -0.3 is 15.5 Å². The van der Waals surface area contributed by atoms with Crippen LogP contribution in [0, 0.1) is 0 Å². The van der Waals surface area contributed by atoms with Gasteiger partial charge in [0.05, 0.1) is 6.42 Å². The van der Waals surface area contributed by atoms with Crippen molar-refractivity contribution in [2.24, 2.45) is 0 Å². The smallest absolute Gasteiger partial charge is 0.315 e. The first-order chi connectivity index (χ1) is 14.2. The standard InChI is InChI=1S/C24H35N3O2/c28-23(17-18-10-11-19-6-4-5-7-20(19)16-18)27-14-12-22(13-15-27)26-24(29)25-21-8-2-1-3-9-21/h10-11,16,21-22H,1-9,12-15,17H2,(H2,25,26,29). The zero-order chi connectivity index (χ0) is 20.1. The molecule has 1 saturated carbocycles. The summed E-state index contributed by atoms with van der Waals surface area (Å²) in [4.78, 5) is 27.0. The highest BCUT2D eigenvalue weighted by molar-refractivity contribution is 5.79. The van der Waals surface area contributed by atoms with E-state index in [-0.39, 0.29) is 18.0 Å². The molecule has 0 atom stereocenters. The average molecular weight is 398 g/mol. The predicted octanol–water partition coefficient (Wildman–Crippen LogP) is 3.73. The highest BCUT2D eigenvalue weighted by atomic mass is 16.2. The second kappa shape index (κ2) is 9.64. The van der Waals surface area contributed by atoms with E-state index >= 15 is 0 Å². The molecule has 1 aromatic rings. The monoisotopic (exact) mass is 397 g/mol. The van der Waals surface area contributed by atoms with Gasteiger partial charge in [0, 0.05) is 25.2 Å². The fourth-order valence-corrected chi connectivity index (χ4v) is 5.12. The van der Waals surface area contributed by atoms with E-state index in [2.05, 4.69) is 28.8 Å². The lowest BCUT2D eigenvalue weighted by molar-refractivity contribution is -0.131. The van der Waals surface area contributed by atoms with Crippen molar-refractivity contribution in [1.29, 1.82) is 0 Å². The summed E-state index contributed by atoms with van der Waals surface area (Å²) in [5, 5.41) is 6.25. The third kappa shape index (κ3) is 5.52. The normalized spacial score (nSPS) is 20.8. The summed E-state index contributed by atoms with van der Waals surface area (Å²) in [7, 11) is 0. The van der Waals surface area contributed by atoms with Crippen molar-refractivity contribution in [1.82, 2.24) is 15.5 Å². The minimum atomic E-state index is -0.0317. The third-order valence-electron chi connectivity index (χ3n) is 6.89. The van der Waals surface area contributed by atoms with E-state index in [4.69, 9.17) is 0 Å². The molecule has 1 heterocycles. The fraction of sp³-hybridized carbons (Fsp3) is 0.667. The van der Waals surface area contributed by atoms with Crippen LogP contribution in [-0.2, 0) is 24.1 Å². The molecule has 4 rings (SSSR count). The molecule has 0 bridgehead atoms. The zero-order valence-corrected chi connectivity index (χ0v) is 17.5. The summed E-state index contributed by atoms with van der Waals surface area (Å²) < 4.78 is 0. The number of hydrogen-bond donors (Lipinski definition) is 2. The Morgan fingerprint density at radius 3 is 2.21 bits per heavy atom. The average Bonchev–Trinajstić information content (AvgIpc) is 2.75. The first kappa shape index (κ1) is 20.2. The number of hydrogen-bond acceptors (Lipinski definition) is 2. The molecule has 0 unspecified atom stereocenters. The number of likely N-dealkylation sites (tertiary alicyclic amines) is 1. The highest BCUT2D eigenvalue weighted by Crippen LogP contribution is 2.23. The lowest BCUT2D eigenvalue weighted by atomic mass is 9.90. The van der Waals surface area contributed by atoms with E-state index < -0.39 is 0 Å². The maximum Gasteiger partial charge on any atom is 0.315 e. The van der Waals surface area contributed by atoms with Gasteiger partial charge in [0.15, 0.2) is 0 Å². The van der Waals surface area contributed by atoms with Crippen LogP contribution in [0.25, 0.3) is 0 Å². The van der Waals surface area contributed by atoms with Crippen LogP contribution in [0.1, 0.15) is 74.5 Å². The summed E-state index contributed by atoms with van der Waals surface area (Å²) in [5.41, 5.74) is 4.04. The van der Waals surface area contributed by atoms with Crippen molar-refractivity contribution in [3.63, 3.8) is 0 Å². The molecule has 5 nitrogen and oxygen atoms in total. The summed E-state index contributed by atoms with van der Waals surface area (Å²) in [6.07, 6.45) is 13.0. The molecular formula is C24H35N3O2. The first-order valence-corrected chi connectivity index (χ1v) is 11.6. The molecule has 0 spiro atoms. The van der Waals surface area contributed by atoms with E-state index in [0.717, 1.165) is 50.8 Å². The van der Waals surface area contributed by atoms with Crippen molar-refractivity contribution in [3.05, 3.63) is 34.9 Å². The molecule has 1 saturated heterocycles. The van der Waals surface area contributed by atoms with Gasteiger partial charge in [-0.2, -0.15) is 0 Å². The van der Waals surface area contributed by atoms with E-state index in [1.165, 1.54) is 49.7 Å². The maximum atomic E-state index is 12.8. The molecule has 0 radical (unpaired) electrons. The van der Waals surface area contributed by atoms with Crippen molar-refractivity contribution in [3.8, 4) is 0 Å². The van der Waals surface area contributed by atoms with Gasteiger partial charge in [0.25, 0.3) is 0 Å². The number of fused-ring (bicyclic) bond motifs is 1. The Kier molecular flexibility index (Phi) is 6.73. The second-order valence-electron chi connectivity index (χ2n) is 9.09. The molecular weight excluding hydrogens is 362 g/mol. The van der Waals surface area contributed by atoms with Crippen LogP contribution in [0.2, 0.25) is 0 Å². The van der Waals surface area contributed by atoms with E-state index in [9.17, 15) is 9.59 Å². The minimum absolute atomic E-state index is 0.0317. The van der Waals surface area contributed by atoms with Gasteiger partial charge in [0.1, 0.15) is 0 Å². The van der Waals surface area contributed by atoms with Gasteiger partial charge in [0.2, 0.25) is 5.91 Å². The van der Waals surface area contributed by atoms with Crippen LogP contribution >= 0.6 is 0 Å². The number of rotatable bonds is 4. The predicted molar refractivity (Wildman–Crippen MR) is 115 cm³/mol. The first-order valence-electron chi connectivity index (χ1n) is 11.6. The van der Waals surface area contributed by atoms with E-state index in [0.29, 0.717) is 12.5 Å². The number of aryl methyl sites for hydroxylation is 2. The summed E-state index contributed by atoms with van der Waals surface area (Å²) in [5.74, 6) is 0.214. The van der Waals surface area contributed by atoms with Crippen molar-refractivity contribution in [2.75, 3.05) is 13.1 Å². The van der Waals surface area contributed by atoms with Gasteiger partial charge in [-0.25, -0.2) is 4.79 Å². The number of benzene rings is 1. The molecule has 3 aliphatic rings. The molecule has 158 valence electrons. The van der Waals surface area contributed by atoms with Gasteiger partial charge >= 0.3 is 6.03 Å².